The largest absolute Gasteiger partial charge is 0.207 e. The van der Waals surface area contributed by atoms with Crippen LogP contribution < -0.4 is 0 Å². The molecule has 0 aliphatic heterocycles. The summed E-state index contributed by atoms with van der Waals surface area (Å²) in [4.78, 5) is 0.917. The molecule has 0 bridgehead atoms. The topological polar surface area (TPSA) is 0 Å². The summed E-state index contributed by atoms with van der Waals surface area (Å²) in [5.41, 5.74) is 0.830. The van der Waals surface area contributed by atoms with Crippen LogP contribution in [0.1, 0.15) is 5.56 Å². The first-order valence-electron chi connectivity index (χ1n) is 3.15. The minimum atomic E-state index is -0.215. The lowest BCUT2D eigenvalue weighted by Crippen LogP contribution is -1.82. The first-order chi connectivity index (χ1) is 5.26. The van der Waals surface area contributed by atoms with Gasteiger partial charge >= 0.3 is 0 Å². The molecule has 1 aromatic rings. The van der Waals surface area contributed by atoms with Crippen LogP contribution in [-0.4, -0.2) is 6.26 Å². The second-order valence-electron chi connectivity index (χ2n) is 2.13. The van der Waals surface area contributed by atoms with E-state index in [1.807, 2.05) is 12.3 Å². The fourth-order valence-corrected chi connectivity index (χ4v) is 1.47. The lowest BCUT2D eigenvalue weighted by molar-refractivity contribution is 0.622. The molecule has 1 rings (SSSR count). The number of hydrogen-bond acceptors (Lipinski definition) is 1. The number of thioether (sulfide) groups is 1. The highest BCUT2D eigenvalue weighted by Crippen LogP contribution is 2.19. The van der Waals surface area contributed by atoms with Crippen LogP contribution in [0.3, 0.4) is 0 Å². The van der Waals surface area contributed by atoms with E-state index >= 15 is 0 Å². The second kappa shape index (κ2) is 3.98. The molecule has 0 aromatic heterocycles. The van der Waals surface area contributed by atoms with Gasteiger partial charge in [-0.15, -0.1) is 23.4 Å². The van der Waals surface area contributed by atoms with Crippen molar-refractivity contribution in [2.75, 3.05) is 6.26 Å². The zero-order valence-corrected chi connectivity index (χ0v) is 7.68. The van der Waals surface area contributed by atoms with Crippen molar-refractivity contribution in [3.05, 3.63) is 29.6 Å². The Hall–Kier alpha value is -0.210. The molecule has 3 heteroatoms. The van der Waals surface area contributed by atoms with Crippen molar-refractivity contribution < 1.29 is 4.39 Å². The Bertz CT molecular complexity index is 228. The quantitative estimate of drug-likeness (QED) is 0.510. The predicted octanol–water partition coefficient (Wildman–Crippen LogP) is 3.29. The Morgan fingerprint density at radius 3 is 2.73 bits per heavy atom. The Labute approximate surface area is 74.8 Å². The van der Waals surface area contributed by atoms with Crippen LogP contribution in [0.5, 0.6) is 0 Å². The van der Waals surface area contributed by atoms with Gasteiger partial charge in [-0.3, -0.25) is 0 Å². The number of rotatable bonds is 2. The monoisotopic (exact) mass is 190 g/mol. The highest BCUT2D eigenvalue weighted by atomic mass is 35.5. The molecule has 0 aliphatic rings. The summed E-state index contributed by atoms with van der Waals surface area (Å²) in [7, 11) is 0. The normalized spacial score (nSPS) is 10.1. The van der Waals surface area contributed by atoms with Gasteiger partial charge in [-0.1, -0.05) is 0 Å². The molecule has 0 saturated carbocycles. The zero-order valence-electron chi connectivity index (χ0n) is 6.10. The van der Waals surface area contributed by atoms with Crippen LogP contribution in [0.15, 0.2) is 23.1 Å². The van der Waals surface area contributed by atoms with Gasteiger partial charge in [0.1, 0.15) is 5.82 Å². The van der Waals surface area contributed by atoms with E-state index in [9.17, 15) is 4.39 Å². The van der Waals surface area contributed by atoms with Crippen molar-refractivity contribution in [1.82, 2.24) is 0 Å². The standard InChI is InChI=1S/C8H8ClFS/c1-11-8-3-6(5-9)2-7(10)4-8/h2-4H,5H2,1H3. The van der Waals surface area contributed by atoms with E-state index in [4.69, 9.17) is 11.6 Å². The third kappa shape index (κ3) is 2.38. The molecule has 0 heterocycles. The second-order valence-corrected chi connectivity index (χ2v) is 3.28. The summed E-state index contributed by atoms with van der Waals surface area (Å²) in [5, 5.41) is 0. The SMILES string of the molecule is CSc1cc(F)cc(CCl)c1. The van der Waals surface area contributed by atoms with Crippen molar-refractivity contribution in [1.29, 1.82) is 0 Å². The van der Waals surface area contributed by atoms with Crippen molar-refractivity contribution in [2.24, 2.45) is 0 Å². The van der Waals surface area contributed by atoms with E-state index in [0.29, 0.717) is 5.88 Å². The van der Waals surface area contributed by atoms with Gasteiger partial charge in [0.15, 0.2) is 0 Å². The molecule has 11 heavy (non-hydrogen) atoms. The highest BCUT2D eigenvalue weighted by Gasteiger charge is 1.97. The van der Waals surface area contributed by atoms with Crippen molar-refractivity contribution in [3.8, 4) is 0 Å². The van der Waals surface area contributed by atoms with E-state index in [1.54, 1.807) is 0 Å². The average Bonchev–Trinajstić information content (AvgIpc) is 2.03. The molecule has 60 valence electrons. The molecule has 0 saturated heterocycles. The smallest absolute Gasteiger partial charge is 0.124 e. The maximum absolute atomic E-state index is 12.7. The molecule has 0 spiro atoms. The van der Waals surface area contributed by atoms with Crippen LogP contribution in [0.4, 0.5) is 4.39 Å². The molecule has 0 unspecified atom stereocenters. The van der Waals surface area contributed by atoms with E-state index in [0.717, 1.165) is 10.5 Å². The summed E-state index contributed by atoms with van der Waals surface area (Å²) >= 11 is 7.07. The minimum absolute atomic E-state index is 0.215. The lowest BCUT2D eigenvalue weighted by atomic mass is 10.2. The molecule has 0 atom stereocenters. The molecule has 0 amide bonds. The molecular formula is C8H8ClFS. The van der Waals surface area contributed by atoms with Gasteiger partial charge in [-0.2, -0.15) is 0 Å². The van der Waals surface area contributed by atoms with Crippen LogP contribution in [0.25, 0.3) is 0 Å². The third-order valence-electron chi connectivity index (χ3n) is 1.32. The van der Waals surface area contributed by atoms with Crippen LogP contribution in [0.2, 0.25) is 0 Å². The zero-order chi connectivity index (χ0) is 8.27. The van der Waals surface area contributed by atoms with E-state index in [-0.39, 0.29) is 5.82 Å². The van der Waals surface area contributed by atoms with Crippen LogP contribution in [-0.2, 0) is 5.88 Å². The Balaban J connectivity index is 3.02. The van der Waals surface area contributed by atoms with Crippen molar-refractivity contribution in [2.45, 2.75) is 10.8 Å². The summed E-state index contributed by atoms with van der Waals surface area (Å²) in [6, 6.07) is 4.84. The van der Waals surface area contributed by atoms with E-state index in [2.05, 4.69) is 0 Å². The number of hydrogen-bond donors (Lipinski definition) is 0. The Morgan fingerprint density at radius 1 is 1.45 bits per heavy atom. The van der Waals surface area contributed by atoms with Gasteiger partial charge in [-0.25, -0.2) is 4.39 Å². The first-order valence-corrected chi connectivity index (χ1v) is 4.91. The van der Waals surface area contributed by atoms with Gasteiger partial charge in [0.25, 0.3) is 0 Å². The minimum Gasteiger partial charge on any atom is -0.207 e. The van der Waals surface area contributed by atoms with Crippen molar-refractivity contribution in [3.63, 3.8) is 0 Å². The van der Waals surface area contributed by atoms with Gasteiger partial charge in [0.05, 0.1) is 0 Å². The summed E-state index contributed by atoms with van der Waals surface area (Å²) < 4.78 is 12.7. The van der Waals surface area contributed by atoms with E-state index < -0.39 is 0 Å². The maximum Gasteiger partial charge on any atom is 0.124 e. The third-order valence-corrected chi connectivity index (χ3v) is 2.34. The average molecular weight is 191 g/mol. The maximum atomic E-state index is 12.7. The molecule has 0 aliphatic carbocycles. The van der Waals surface area contributed by atoms with E-state index in [1.165, 1.54) is 23.9 Å². The number of benzene rings is 1. The summed E-state index contributed by atoms with van der Waals surface area (Å²) in [5.74, 6) is 0.151. The number of halogens is 2. The molecule has 0 N–H and O–H groups in total. The fraction of sp³-hybridized carbons (Fsp3) is 0.250. The molecular weight excluding hydrogens is 183 g/mol. The fourth-order valence-electron chi connectivity index (χ4n) is 0.816. The van der Waals surface area contributed by atoms with Gasteiger partial charge in [0, 0.05) is 10.8 Å². The van der Waals surface area contributed by atoms with Gasteiger partial charge in [-0.05, 0) is 30.0 Å². The molecule has 1 aromatic carbocycles. The first kappa shape index (κ1) is 8.88. The van der Waals surface area contributed by atoms with Gasteiger partial charge in [0.2, 0.25) is 0 Å². The molecule has 0 fully saturated rings. The predicted molar refractivity (Wildman–Crippen MR) is 47.7 cm³/mol. The number of alkyl halides is 1. The Kier molecular flexibility index (Phi) is 3.21. The highest BCUT2D eigenvalue weighted by molar-refractivity contribution is 7.98. The van der Waals surface area contributed by atoms with Crippen LogP contribution in [0, 0.1) is 5.82 Å². The molecule has 0 radical (unpaired) electrons. The van der Waals surface area contributed by atoms with Gasteiger partial charge < -0.3 is 0 Å². The Morgan fingerprint density at radius 2 is 2.18 bits per heavy atom. The summed E-state index contributed by atoms with van der Waals surface area (Å²) in [6.45, 7) is 0. The summed E-state index contributed by atoms with van der Waals surface area (Å²) in [6.07, 6.45) is 1.91. The lowest BCUT2D eigenvalue weighted by Gasteiger charge is -1.99. The molecule has 0 nitrogen and oxygen atoms in total. The van der Waals surface area contributed by atoms with Crippen molar-refractivity contribution >= 4 is 23.4 Å². The van der Waals surface area contributed by atoms with Crippen LogP contribution >= 0.6 is 23.4 Å².